The van der Waals surface area contributed by atoms with Crippen LogP contribution in [0, 0.1) is 5.41 Å². The Morgan fingerprint density at radius 3 is 2.61 bits per heavy atom. The molecule has 0 atom stereocenters. The molecule has 0 spiro atoms. The number of hydrogen-bond acceptors (Lipinski definition) is 5. The first-order valence-electron chi connectivity index (χ1n) is 5.89. The van der Waals surface area contributed by atoms with Gasteiger partial charge in [-0.15, -0.1) is 10.2 Å². The Hall–Kier alpha value is -1.69. The van der Waals surface area contributed by atoms with E-state index >= 15 is 0 Å². The monoisotopic (exact) mass is 252 g/mol. The summed E-state index contributed by atoms with van der Waals surface area (Å²) in [6.45, 7) is 4.96. The molecule has 0 saturated carbocycles. The molecule has 0 unspecified atom stereocenters. The van der Waals surface area contributed by atoms with Crippen molar-refractivity contribution in [3.63, 3.8) is 0 Å². The van der Waals surface area contributed by atoms with Crippen molar-refractivity contribution in [3.05, 3.63) is 17.8 Å². The smallest absolute Gasteiger partial charge is 0.271 e. The molecule has 1 aromatic heterocycles. The minimum absolute atomic E-state index is 0.0180. The Morgan fingerprint density at radius 2 is 2.11 bits per heavy atom. The van der Waals surface area contributed by atoms with Crippen LogP contribution in [-0.2, 0) is 0 Å². The zero-order valence-electron chi connectivity index (χ0n) is 11.0. The van der Waals surface area contributed by atoms with Gasteiger partial charge in [0.2, 0.25) is 0 Å². The zero-order valence-corrected chi connectivity index (χ0v) is 11.0. The number of amides is 1. The van der Waals surface area contributed by atoms with E-state index in [1.165, 1.54) is 0 Å². The van der Waals surface area contributed by atoms with Crippen molar-refractivity contribution in [3.8, 4) is 0 Å². The van der Waals surface area contributed by atoms with Gasteiger partial charge < -0.3 is 15.7 Å². The first-order chi connectivity index (χ1) is 8.48. The highest BCUT2D eigenvalue weighted by atomic mass is 16.3. The summed E-state index contributed by atoms with van der Waals surface area (Å²) in [7, 11) is 1.55. The largest absolute Gasteiger partial charge is 0.396 e. The maximum Gasteiger partial charge on any atom is 0.271 e. The highest BCUT2D eigenvalue weighted by molar-refractivity contribution is 5.91. The molecule has 0 aliphatic heterocycles. The van der Waals surface area contributed by atoms with E-state index in [9.17, 15) is 4.79 Å². The Bertz CT molecular complexity index is 390. The summed E-state index contributed by atoms with van der Waals surface area (Å²) in [5.41, 5.74) is 0.272. The second kappa shape index (κ2) is 6.30. The molecule has 6 heteroatoms. The van der Waals surface area contributed by atoms with E-state index in [1.807, 2.05) is 0 Å². The topological polar surface area (TPSA) is 87.1 Å². The molecule has 100 valence electrons. The van der Waals surface area contributed by atoms with E-state index in [0.29, 0.717) is 18.8 Å². The van der Waals surface area contributed by atoms with Crippen LogP contribution in [0.2, 0.25) is 0 Å². The maximum atomic E-state index is 11.3. The third-order valence-corrected chi connectivity index (χ3v) is 2.66. The molecule has 0 radical (unpaired) electrons. The van der Waals surface area contributed by atoms with Crippen molar-refractivity contribution in [1.29, 1.82) is 0 Å². The fraction of sp³-hybridized carbons (Fsp3) is 0.583. The highest BCUT2D eigenvalue weighted by Gasteiger charge is 2.17. The fourth-order valence-electron chi connectivity index (χ4n) is 1.40. The predicted octanol–water partition coefficient (Wildman–Crippen LogP) is 0.657. The van der Waals surface area contributed by atoms with Crippen LogP contribution in [0.4, 0.5) is 5.82 Å². The van der Waals surface area contributed by atoms with E-state index in [0.717, 1.165) is 0 Å². The molecule has 1 heterocycles. The van der Waals surface area contributed by atoms with Gasteiger partial charge >= 0.3 is 0 Å². The normalized spacial score (nSPS) is 11.1. The van der Waals surface area contributed by atoms with Crippen molar-refractivity contribution in [2.24, 2.45) is 5.41 Å². The average Bonchev–Trinajstić information content (AvgIpc) is 2.36. The van der Waals surface area contributed by atoms with Crippen LogP contribution in [0.1, 0.15) is 30.8 Å². The van der Waals surface area contributed by atoms with E-state index < -0.39 is 0 Å². The summed E-state index contributed by atoms with van der Waals surface area (Å²) in [5.74, 6) is 0.364. The molecule has 1 amide bonds. The summed E-state index contributed by atoms with van der Waals surface area (Å²) in [5, 5.41) is 22.3. The molecule has 0 aliphatic rings. The number of aliphatic hydroxyl groups is 1. The lowest BCUT2D eigenvalue weighted by Gasteiger charge is -2.23. The predicted molar refractivity (Wildman–Crippen MR) is 69.4 cm³/mol. The Balaban J connectivity index is 2.56. The second-order valence-corrected chi connectivity index (χ2v) is 4.87. The van der Waals surface area contributed by atoms with Crippen LogP contribution in [0.3, 0.4) is 0 Å². The number of carbonyl (C=O) groups excluding carboxylic acids is 1. The van der Waals surface area contributed by atoms with E-state index in [1.54, 1.807) is 19.2 Å². The van der Waals surface area contributed by atoms with Crippen LogP contribution in [-0.4, -0.2) is 41.4 Å². The number of hydrogen-bond donors (Lipinski definition) is 3. The van der Waals surface area contributed by atoms with Gasteiger partial charge in [-0.1, -0.05) is 13.8 Å². The van der Waals surface area contributed by atoms with Gasteiger partial charge in [0.05, 0.1) is 0 Å². The fourth-order valence-corrected chi connectivity index (χ4v) is 1.40. The van der Waals surface area contributed by atoms with Crippen LogP contribution in [0.5, 0.6) is 0 Å². The third kappa shape index (κ3) is 4.29. The van der Waals surface area contributed by atoms with Crippen LogP contribution < -0.4 is 10.6 Å². The number of nitrogens with zero attached hydrogens (tertiary/aromatic N) is 2. The van der Waals surface area contributed by atoms with Gasteiger partial charge in [0.25, 0.3) is 5.91 Å². The van der Waals surface area contributed by atoms with Crippen molar-refractivity contribution < 1.29 is 9.90 Å². The quantitative estimate of drug-likeness (QED) is 0.692. The van der Waals surface area contributed by atoms with Gasteiger partial charge in [-0.05, 0) is 24.0 Å². The van der Waals surface area contributed by atoms with E-state index in [2.05, 4.69) is 34.7 Å². The molecular weight excluding hydrogens is 232 g/mol. The molecule has 0 aromatic carbocycles. The first-order valence-corrected chi connectivity index (χ1v) is 5.89. The standard InChI is InChI=1S/C12H20N4O2/c1-12(2,6-7-17)8-14-10-5-4-9(15-16-10)11(18)13-3/h4-5,17H,6-8H2,1-3H3,(H,13,18)(H,14,16). The van der Waals surface area contributed by atoms with Gasteiger partial charge in [0.1, 0.15) is 5.82 Å². The number of aromatic nitrogens is 2. The Kier molecular flexibility index (Phi) is 5.03. The van der Waals surface area contributed by atoms with E-state index in [4.69, 9.17) is 5.11 Å². The minimum atomic E-state index is -0.255. The summed E-state index contributed by atoms with van der Waals surface area (Å²) < 4.78 is 0. The summed E-state index contributed by atoms with van der Waals surface area (Å²) in [4.78, 5) is 11.3. The molecule has 1 aromatic rings. The molecule has 0 fully saturated rings. The van der Waals surface area contributed by atoms with Crippen LogP contribution in [0.15, 0.2) is 12.1 Å². The Morgan fingerprint density at radius 1 is 1.39 bits per heavy atom. The Labute approximate surface area is 107 Å². The van der Waals surface area contributed by atoms with Crippen LogP contribution in [0.25, 0.3) is 0 Å². The van der Waals surface area contributed by atoms with Crippen molar-refractivity contribution in [2.75, 3.05) is 25.5 Å². The second-order valence-electron chi connectivity index (χ2n) is 4.87. The molecule has 18 heavy (non-hydrogen) atoms. The lowest BCUT2D eigenvalue weighted by Crippen LogP contribution is -2.25. The summed E-state index contributed by atoms with van der Waals surface area (Å²) in [6, 6.07) is 3.33. The SMILES string of the molecule is CNC(=O)c1ccc(NCC(C)(C)CCO)nn1. The lowest BCUT2D eigenvalue weighted by molar-refractivity contribution is 0.0957. The van der Waals surface area contributed by atoms with Gasteiger partial charge in [-0.3, -0.25) is 4.79 Å². The molecule has 0 aliphatic carbocycles. The van der Waals surface area contributed by atoms with Gasteiger partial charge in [-0.2, -0.15) is 0 Å². The third-order valence-electron chi connectivity index (χ3n) is 2.66. The van der Waals surface area contributed by atoms with Crippen LogP contribution >= 0.6 is 0 Å². The molecule has 1 rings (SSSR count). The molecule has 3 N–H and O–H groups in total. The van der Waals surface area contributed by atoms with Gasteiger partial charge in [0.15, 0.2) is 5.69 Å². The highest BCUT2D eigenvalue weighted by Crippen LogP contribution is 2.19. The number of aliphatic hydroxyl groups excluding tert-OH is 1. The van der Waals surface area contributed by atoms with Gasteiger partial charge in [-0.25, -0.2) is 0 Å². The number of anilines is 1. The lowest BCUT2D eigenvalue weighted by atomic mass is 9.90. The van der Waals surface area contributed by atoms with Crippen molar-refractivity contribution in [2.45, 2.75) is 20.3 Å². The van der Waals surface area contributed by atoms with Crippen molar-refractivity contribution in [1.82, 2.24) is 15.5 Å². The number of rotatable bonds is 6. The zero-order chi connectivity index (χ0) is 13.6. The molecule has 0 bridgehead atoms. The average molecular weight is 252 g/mol. The summed E-state index contributed by atoms with van der Waals surface area (Å²) >= 11 is 0. The summed E-state index contributed by atoms with van der Waals surface area (Å²) in [6.07, 6.45) is 0.712. The molecule has 6 nitrogen and oxygen atoms in total. The number of carbonyl (C=O) groups is 1. The maximum absolute atomic E-state index is 11.3. The minimum Gasteiger partial charge on any atom is -0.396 e. The first kappa shape index (κ1) is 14.4. The number of nitrogens with one attached hydrogen (secondary N) is 2. The van der Waals surface area contributed by atoms with Crippen molar-refractivity contribution >= 4 is 11.7 Å². The van der Waals surface area contributed by atoms with E-state index in [-0.39, 0.29) is 23.6 Å². The molecule has 0 saturated heterocycles. The molecular formula is C12H20N4O2. The van der Waals surface area contributed by atoms with Gasteiger partial charge in [0, 0.05) is 20.2 Å².